The van der Waals surface area contributed by atoms with E-state index >= 15 is 0 Å². The molecule has 18 heavy (non-hydrogen) atoms. The Morgan fingerprint density at radius 1 is 1.39 bits per heavy atom. The summed E-state index contributed by atoms with van der Waals surface area (Å²) in [6.07, 6.45) is 7.70. The third-order valence-corrected chi connectivity index (χ3v) is 3.98. The molecule has 1 fully saturated rings. The number of nitrogens with zero attached hydrogens (tertiary/aromatic N) is 2. The van der Waals surface area contributed by atoms with Gasteiger partial charge in [-0.1, -0.05) is 19.3 Å². The number of carboxylic acid groups (broad SMARTS) is 1. The Labute approximate surface area is 110 Å². The Morgan fingerprint density at radius 3 is 2.72 bits per heavy atom. The fraction of sp³-hybridized carbons (Fsp3) is 0.583. The van der Waals surface area contributed by atoms with Gasteiger partial charge in [0.2, 0.25) is 0 Å². The molecule has 98 valence electrons. The van der Waals surface area contributed by atoms with Gasteiger partial charge >= 0.3 is 5.97 Å². The second-order valence-electron chi connectivity index (χ2n) is 4.52. The lowest BCUT2D eigenvalue weighted by molar-refractivity contribution is -0.143. The van der Waals surface area contributed by atoms with Crippen molar-refractivity contribution in [3.8, 4) is 0 Å². The van der Waals surface area contributed by atoms with Crippen molar-refractivity contribution in [3.05, 3.63) is 12.4 Å². The van der Waals surface area contributed by atoms with Crippen LogP contribution in [0.5, 0.6) is 0 Å². The van der Waals surface area contributed by atoms with Crippen molar-refractivity contribution in [2.75, 3.05) is 11.6 Å². The normalized spacial score (nSPS) is 18.3. The third kappa shape index (κ3) is 2.75. The minimum absolute atomic E-state index is 0.596. The Balaban J connectivity index is 2.20. The van der Waals surface area contributed by atoms with Crippen LogP contribution in [0.25, 0.3) is 0 Å². The summed E-state index contributed by atoms with van der Waals surface area (Å²) in [6.45, 7) is 0. The van der Waals surface area contributed by atoms with Crippen LogP contribution in [0.15, 0.2) is 17.4 Å². The van der Waals surface area contributed by atoms with Gasteiger partial charge in [-0.2, -0.15) is 0 Å². The number of hydrogen-bond acceptors (Lipinski definition) is 5. The standard InChI is InChI=1S/C12H17N3O2S/c1-18-10-7-9(13-8-14-10)15-12(11(16)17)5-3-2-4-6-12/h7-8H,2-6H2,1H3,(H,16,17)(H,13,14,15). The average molecular weight is 267 g/mol. The fourth-order valence-electron chi connectivity index (χ4n) is 2.31. The zero-order valence-electron chi connectivity index (χ0n) is 10.3. The zero-order chi connectivity index (χ0) is 13.0. The quantitative estimate of drug-likeness (QED) is 0.644. The number of hydrogen-bond donors (Lipinski definition) is 2. The average Bonchev–Trinajstić information content (AvgIpc) is 2.40. The highest BCUT2D eigenvalue weighted by Crippen LogP contribution is 2.31. The Kier molecular flexibility index (Phi) is 4.06. The number of carbonyl (C=O) groups is 1. The van der Waals surface area contributed by atoms with Crippen LogP contribution in [0, 0.1) is 0 Å². The van der Waals surface area contributed by atoms with Crippen LogP contribution in [0.4, 0.5) is 5.82 Å². The van der Waals surface area contributed by atoms with E-state index in [0.29, 0.717) is 18.7 Å². The number of thioether (sulfide) groups is 1. The first-order valence-corrected chi connectivity index (χ1v) is 7.26. The lowest BCUT2D eigenvalue weighted by Gasteiger charge is -2.34. The van der Waals surface area contributed by atoms with E-state index in [1.165, 1.54) is 18.1 Å². The molecule has 0 aliphatic heterocycles. The molecule has 1 aliphatic rings. The van der Waals surface area contributed by atoms with E-state index in [0.717, 1.165) is 24.3 Å². The topological polar surface area (TPSA) is 75.1 Å². The first kappa shape index (κ1) is 13.1. The summed E-state index contributed by atoms with van der Waals surface area (Å²) in [7, 11) is 0. The first-order valence-electron chi connectivity index (χ1n) is 6.04. The molecular weight excluding hydrogens is 250 g/mol. The highest BCUT2D eigenvalue weighted by molar-refractivity contribution is 7.98. The number of rotatable bonds is 4. The molecule has 0 aromatic carbocycles. The molecule has 1 saturated carbocycles. The van der Waals surface area contributed by atoms with Crippen LogP contribution in [0.2, 0.25) is 0 Å². The molecule has 0 amide bonds. The molecule has 6 heteroatoms. The van der Waals surface area contributed by atoms with Crippen molar-refractivity contribution in [1.29, 1.82) is 0 Å². The van der Waals surface area contributed by atoms with Crippen LogP contribution in [0.1, 0.15) is 32.1 Å². The summed E-state index contributed by atoms with van der Waals surface area (Å²) in [4.78, 5) is 19.7. The second kappa shape index (κ2) is 5.56. The van der Waals surface area contributed by atoms with Crippen molar-refractivity contribution < 1.29 is 9.90 Å². The molecule has 0 spiro atoms. The zero-order valence-corrected chi connectivity index (χ0v) is 11.2. The third-order valence-electron chi connectivity index (χ3n) is 3.33. The lowest BCUT2D eigenvalue weighted by atomic mass is 9.81. The predicted octanol–water partition coefficient (Wildman–Crippen LogP) is 2.40. The lowest BCUT2D eigenvalue weighted by Crippen LogP contribution is -2.48. The molecule has 2 N–H and O–H groups in total. The Morgan fingerprint density at radius 2 is 2.11 bits per heavy atom. The van der Waals surface area contributed by atoms with Crippen molar-refractivity contribution in [2.24, 2.45) is 0 Å². The Hall–Kier alpha value is -1.30. The van der Waals surface area contributed by atoms with Gasteiger partial charge in [-0.3, -0.25) is 0 Å². The van der Waals surface area contributed by atoms with Gasteiger partial charge in [0, 0.05) is 6.07 Å². The van der Waals surface area contributed by atoms with Crippen LogP contribution in [-0.2, 0) is 4.79 Å². The van der Waals surface area contributed by atoms with Crippen LogP contribution in [-0.4, -0.2) is 32.8 Å². The molecule has 0 bridgehead atoms. The maximum absolute atomic E-state index is 11.5. The Bertz CT molecular complexity index is 433. The SMILES string of the molecule is CSc1cc(NC2(C(=O)O)CCCCC2)ncn1. The number of aromatic nitrogens is 2. The van der Waals surface area contributed by atoms with Crippen molar-refractivity contribution >= 4 is 23.5 Å². The molecule has 1 aliphatic carbocycles. The number of aliphatic carboxylic acids is 1. The molecule has 0 radical (unpaired) electrons. The van der Waals surface area contributed by atoms with Gasteiger partial charge in [0.05, 0.1) is 0 Å². The van der Waals surface area contributed by atoms with E-state index in [1.54, 1.807) is 6.07 Å². The first-order chi connectivity index (χ1) is 8.66. The monoisotopic (exact) mass is 267 g/mol. The van der Waals surface area contributed by atoms with E-state index < -0.39 is 11.5 Å². The summed E-state index contributed by atoms with van der Waals surface area (Å²) in [5, 5.41) is 13.4. The highest BCUT2D eigenvalue weighted by Gasteiger charge is 2.39. The van der Waals surface area contributed by atoms with Gasteiger partial charge < -0.3 is 10.4 Å². The van der Waals surface area contributed by atoms with Crippen LogP contribution < -0.4 is 5.32 Å². The van der Waals surface area contributed by atoms with Gasteiger partial charge in [-0.15, -0.1) is 11.8 Å². The van der Waals surface area contributed by atoms with Gasteiger partial charge in [0.15, 0.2) is 0 Å². The number of anilines is 1. The van der Waals surface area contributed by atoms with E-state index in [2.05, 4.69) is 15.3 Å². The van der Waals surface area contributed by atoms with Crippen molar-refractivity contribution in [1.82, 2.24) is 9.97 Å². The molecule has 2 rings (SSSR count). The minimum atomic E-state index is -0.859. The molecule has 1 aromatic heterocycles. The van der Waals surface area contributed by atoms with E-state index in [4.69, 9.17) is 0 Å². The van der Waals surface area contributed by atoms with E-state index in [-0.39, 0.29) is 0 Å². The largest absolute Gasteiger partial charge is 0.480 e. The molecular formula is C12H17N3O2S. The van der Waals surface area contributed by atoms with E-state index in [1.807, 2.05) is 6.26 Å². The molecule has 1 heterocycles. The number of nitrogens with one attached hydrogen (secondary N) is 1. The molecule has 0 atom stereocenters. The summed E-state index contributed by atoms with van der Waals surface area (Å²) >= 11 is 1.51. The minimum Gasteiger partial charge on any atom is -0.480 e. The maximum Gasteiger partial charge on any atom is 0.329 e. The van der Waals surface area contributed by atoms with E-state index in [9.17, 15) is 9.90 Å². The summed E-state index contributed by atoms with van der Waals surface area (Å²) in [5.41, 5.74) is -0.859. The van der Waals surface area contributed by atoms with Gasteiger partial charge in [0.1, 0.15) is 22.7 Å². The maximum atomic E-state index is 11.5. The molecule has 5 nitrogen and oxygen atoms in total. The molecule has 0 saturated heterocycles. The van der Waals surface area contributed by atoms with Crippen molar-refractivity contribution in [2.45, 2.75) is 42.7 Å². The van der Waals surface area contributed by atoms with Gasteiger partial charge in [-0.05, 0) is 19.1 Å². The molecule has 0 unspecified atom stereocenters. The van der Waals surface area contributed by atoms with Gasteiger partial charge in [0.25, 0.3) is 0 Å². The van der Waals surface area contributed by atoms with Gasteiger partial charge in [-0.25, -0.2) is 14.8 Å². The van der Waals surface area contributed by atoms with Crippen LogP contribution in [0.3, 0.4) is 0 Å². The smallest absolute Gasteiger partial charge is 0.329 e. The molecule has 1 aromatic rings. The highest BCUT2D eigenvalue weighted by atomic mass is 32.2. The summed E-state index contributed by atoms with van der Waals surface area (Å²) in [5.74, 6) is -0.190. The second-order valence-corrected chi connectivity index (χ2v) is 5.35. The number of carboxylic acids is 1. The fourth-order valence-corrected chi connectivity index (χ4v) is 2.69. The summed E-state index contributed by atoms with van der Waals surface area (Å²) in [6, 6.07) is 1.80. The predicted molar refractivity (Wildman–Crippen MR) is 70.9 cm³/mol. The van der Waals surface area contributed by atoms with Crippen LogP contribution >= 0.6 is 11.8 Å². The van der Waals surface area contributed by atoms with Crippen molar-refractivity contribution in [3.63, 3.8) is 0 Å². The summed E-state index contributed by atoms with van der Waals surface area (Å²) < 4.78 is 0.